The Labute approximate surface area is 245 Å². The fourth-order valence-electron chi connectivity index (χ4n) is 5.60. The maximum absolute atomic E-state index is 16.3. The molecule has 0 aliphatic carbocycles. The number of piperazine rings is 1. The molecule has 2 aromatic heterocycles. The second-order valence-corrected chi connectivity index (χ2v) is 12.1. The number of nitrogens with one attached hydrogen (secondary N) is 1. The van der Waals surface area contributed by atoms with E-state index < -0.39 is 34.1 Å². The Morgan fingerprint density at radius 3 is 2.43 bits per heavy atom. The van der Waals surface area contributed by atoms with Crippen molar-refractivity contribution in [1.82, 2.24) is 24.4 Å². The van der Waals surface area contributed by atoms with E-state index in [0.717, 1.165) is 36.2 Å². The quantitative estimate of drug-likeness (QED) is 0.335. The lowest BCUT2D eigenvalue weighted by Gasteiger charge is -2.29. The molecule has 42 heavy (non-hydrogen) atoms. The highest BCUT2D eigenvalue weighted by Gasteiger charge is 2.43. The molecule has 2 fully saturated rings. The fourth-order valence-corrected chi connectivity index (χ4v) is 6.75. The molecule has 0 bridgehead atoms. The number of nitrogens with zero attached hydrogens (tertiary/aromatic N) is 5. The summed E-state index contributed by atoms with van der Waals surface area (Å²) < 4.78 is 73.3. The summed E-state index contributed by atoms with van der Waals surface area (Å²) in [6.07, 6.45) is 2.70. The van der Waals surface area contributed by atoms with Gasteiger partial charge in [-0.15, -0.1) is 0 Å². The van der Waals surface area contributed by atoms with Crippen molar-refractivity contribution in [3.8, 4) is 28.1 Å². The van der Waals surface area contributed by atoms with Crippen molar-refractivity contribution in [1.29, 1.82) is 0 Å². The molecule has 9 nitrogen and oxygen atoms in total. The van der Waals surface area contributed by atoms with Gasteiger partial charge >= 0.3 is 0 Å². The van der Waals surface area contributed by atoms with Gasteiger partial charge in [-0.3, -0.25) is 4.98 Å². The lowest BCUT2D eigenvalue weighted by molar-refractivity contribution is 0.257. The van der Waals surface area contributed by atoms with Crippen LogP contribution in [0.15, 0.2) is 61.1 Å². The summed E-state index contributed by atoms with van der Waals surface area (Å²) in [5.74, 6) is -1.41. The molecule has 2 aliphatic heterocycles. The molecular formula is C28H27ClF3N7O2S. The highest BCUT2D eigenvalue weighted by Crippen LogP contribution is 2.42. The highest BCUT2D eigenvalue weighted by molar-refractivity contribution is 7.86. The van der Waals surface area contributed by atoms with Gasteiger partial charge in [0.05, 0.1) is 6.04 Å². The van der Waals surface area contributed by atoms with Gasteiger partial charge in [0.2, 0.25) is 0 Å². The van der Waals surface area contributed by atoms with E-state index in [2.05, 4.69) is 20.3 Å². The Kier molecular flexibility index (Phi) is 7.70. The first-order valence-electron chi connectivity index (χ1n) is 13.3. The first-order chi connectivity index (χ1) is 20.1. The summed E-state index contributed by atoms with van der Waals surface area (Å²) in [4.78, 5) is 6.11. The summed E-state index contributed by atoms with van der Waals surface area (Å²) in [7, 11) is -4.33. The van der Waals surface area contributed by atoms with Gasteiger partial charge in [0.25, 0.3) is 10.2 Å². The molecule has 2 aromatic carbocycles. The summed E-state index contributed by atoms with van der Waals surface area (Å²) >= 11 is 6.40. The van der Waals surface area contributed by atoms with E-state index in [1.807, 2.05) is 0 Å². The topological polar surface area (TPSA) is 109 Å². The van der Waals surface area contributed by atoms with Crippen LogP contribution in [-0.2, 0) is 10.2 Å². The van der Waals surface area contributed by atoms with Gasteiger partial charge in [0, 0.05) is 84.3 Å². The third kappa shape index (κ3) is 5.38. The van der Waals surface area contributed by atoms with Crippen molar-refractivity contribution >= 4 is 27.5 Å². The van der Waals surface area contributed by atoms with E-state index in [1.54, 1.807) is 24.3 Å². The van der Waals surface area contributed by atoms with Crippen LogP contribution in [0.25, 0.3) is 28.1 Å². The third-order valence-corrected chi connectivity index (χ3v) is 8.89. The molecule has 0 saturated carbocycles. The molecule has 0 amide bonds. The molecule has 220 valence electrons. The van der Waals surface area contributed by atoms with Crippen LogP contribution < -0.4 is 15.4 Å². The number of alkyl halides is 1. The molecule has 2 atom stereocenters. The first kappa shape index (κ1) is 28.6. The Hall–Kier alpha value is -3.49. The third-order valence-electron chi connectivity index (χ3n) is 7.61. The molecule has 3 N–H and O–H groups in total. The molecule has 2 unspecified atom stereocenters. The summed E-state index contributed by atoms with van der Waals surface area (Å²) in [5, 5.41) is 13.3. The molecule has 14 heteroatoms. The predicted octanol–water partition coefficient (Wildman–Crippen LogP) is 4.23. The Balaban J connectivity index is 1.49. The summed E-state index contributed by atoms with van der Waals surface area (Å²) in [5.41, 5.74) is 1.66. The van der Waals surface area contributed by atoms with E-state index in [-0.39, 0.29) is 40.4 Å². The number of rotatable bonds is 6. The van der Waals surface area contributed by atoms with Gasteiger partial charge < -0.3 is 10.2 Å². The monoisotopic (exact) mass is 617 g/mol. The van der Waals surface area contributed by atoms with Crippen LogP contribution in [0.2, 0.25) is 5.02 Å². The normalized spacial score (nSPS) is 19.9. The zero-order valence-electron chi connectivity index (χ0n) is 22.2. The number of pyridine rings is 1. The Morgan fingerprint density at radius 1 is 1.00 bits per heavy atom. The summed E-state index contributed by atoms with van der Waals surface area (Å²) in [6, 6.07) is 9.24. The lowest BCUT2D eigenvalue weighted by Crippen LogP contribution is -2.43. The average molecular weight is 618 g/mol. The molecule has 0 spiro atoms. The second-order valence-electron chi connectivity index (χ2n) is 10.2. The van der Waals surface area contributed by atoms with Crippen LogP contribution in [0.4, 0.5) is 18.9 Å². The van der Waals surface area contributed by atoms with Gasteiger partial charge in [0.15, 0.2) is 5.82 Å². The van der Waals surface area contributed by atoms with Crippen molar-refractivity contribution < 1.29 is 21.6 Å². The minimum Gasteiger partial charge on any atom is -0.369 e. The second kappa shape index (κ2) is 11.3. The number of aromatic nitrogens is 3. The largest absolute Gasteiger partial charge is 0.369 e. The number of halogens is 4. The Bertz CT molecular complexity index is 1730. The number of anilines is 1. The maximum Gasteiger partial charge on any atom is 0.277 e. The SMILES string of the molecule is NS(=O)(=O)N1CCC(F)C1c1cc(Cl)cc(-c2cn(-c3ccc(N4CCNCC4)cc3F)nc2-c2ccncc2)c1F. The minimum absolute atomic E-state index is 0.0508. The van der Waals surface area contributed by atoms with Crippen LogP contribution >= 0.6 is 11.6 Å². The number of nitrogens with two attached hydrogens (primary N) is 1. The van der Waals surface area contributed by atoms with Gasteiger partial charge in [-0.25, -0.2) is 23.0 Å². The Morgan fingerprint density at radius 2 is 1.74 bits per heavy atom. The van der Waals surface area contributed by atoms with E-state index in [0.29, 0.717) is 11.3 Å². The smallest absolute Gasteiger partial charge is 0.277 e. The van der Waals surface area contributed by atoms with Crippen LogP contribution in [-0.4, -0.2) is 66.4 Å². The van der Waals surface area contributed by atoms with E-state index >= 15 is 13.2 Å². The molecule has 0 radical (unpaired) electrons. The highest BCUT2D eigenvalue weighted by atomic mass is 35.5. The maximum atomic E-state index is 16.3. The van der Waals surface area contributed by atoms with Gasteiger partial charge in [-0.05, 0) is 48.9 Å². The number of hydrogen-bond acceptors (Lipinski definition) is 6. The van der Waals surface area contributed by atoms with Crippen LogP contribution in [0.5, 0.6) is 0 Å². The number of hydrogen-bond donors (Lipinski definition) is 2. The van der Waals surface area contributed by atoms with E-state index in [1.165, 1.54) is 41.5 Å². The minimum atomic E-state index is -4.33. The van der Waals surface area contributed by atoms with Gasteiger partial charge in [-0.1, -0.05) is 11.6 Å². The molecule has 4 heterocycles. The molecule has 2 saturated heterocycles. The zero-order valence-corrected chi connectivity index (χ0v) is 23.8. The first-order valence-corrected chi connectivity index (χ1v) is 15.2. The molecule has 2 aliphatic rings. The predicted molar refractivity (Wildman–Crippen MR) is 154 cm³/mol. The summed E-state index contributed by atoms with van der Waals surface area (Å²) in [6.45, 7) is 2.89. The van der Waals surface area contributed by atoms with Crippen molar-refractivity contribution in [2.45, 2.75) is 18.6 Å². The van der Waals surface area contributed by atoms with Crippen molar-refractivity contribution in [2.75, 3.05) is 37.6 Å². The van der Waals surface area contributed by atoms with Crippen molar-refractivity contribution in [3.63, 3.8) is 0 Å². The van der Waals surface area contributed by atoms with E-state index in [9.17, 15) is 8.42 Å². The van der Waals surface area contributed by atoms with Gasteiger partial charge in [0.1, 0.15) is 23.4 Å². The van der Waals surface area contributed by atoms with Crippen LogP contribution in [0.1, 0.15) is 18.0 Å². The average Bonchev–Trinajstić information content (AvgIpc) is 3.59. The van der Waals surface area contributed by atoms with Crippen LogP contribution in [0, 0.1) is 11.6 Å². The van der Waals surface area contributed by atoms with Crippen molar-refractivity contribution in [2.24, 2.45) is 5.14 Å². The molecular weight excluding hydrogens is 591 g/mol. The lowest BCUT2D eigenvalue weighted by atomic mass is 9.95. The van der Waals surface area contributed by atoms with Crippen LogP contribution in [0.3, 0.4) is 0 Å². The van der Waals surface area contributed by atoms with E-state index in [4.69, 9.17) is 16.7 Å². The fraction of sp³-hybridized carbons (Fsp3) is 0.286. The van der Waals surface area contributed by atoms with Crippen molar-refractivity contribution in [3.05, 3.63) is 83.3 Å². The standard InChI is InChI=1S/C28H27ClF3N7O2S/c29-18-13-20(26(32)21(14-18)28-23(30)5-10-39(28)42(33,40)41)22-16-38(36-27(22)17-3-6-34-7-4-17)25-2-1-19(15-24(25)31)37-11-8-35-9-12-37/h1-4,6-7,13-16,23,28,35H,5,8-12H2,(H2,33,40,41). The molecule has 6 rings (SSSR count). The number of benzene rings is 2. The zero-order chi connectivity index (χ0) is 29.6. The molecule has 4 aromatic rings. The van der Waals surface area contributed by atoms with Gasteiger partial charge in [-0.2, -0.15) is 17.8 Å².